The topological polar surface area (TPSA) is 16.1 Å². The van der Waals surface area contributed by atoms with Gasteiger partial charge in [0.25, 0.3) is 0 Å². The number of benzene rings is 4. The van der Waals surface area contributed by atoms with Crippen molar-refractivity contribution >= 4 is 50.8 Å². The van der Waals surface area contributed by atoms with Crippen molar-refractivity contribution in [2.24, 2.45) is 0 Å². The Morgan fingerprint density at radius 1 is 0.645 bits per heavy atom. The average molecular weight is 432 g/mol. The monoisotopic (exact) mass is 432 g/mol. The summed E-state index contributed by atoms with van der Waals surface area (Å²) in [5.41, 5.74) is 7.25. The summed E-state index contributed by atoms with van der Waals surface area (Å²) in [7, 11) is 0. The molecule has 0 saturated heterocycles. The normalized spacial score (nSPS) is 17.9. The van der Waals surface area contributed by atoms with Crippen molar-refractivity contribution in [2.45, 2.75) is 0 Å². The van der Waals surface area contributed by atoms with Crippen LogP contribution in [0.25, 0.3) is 33.0 Å². The molecular weight excluding hydrogens is 415 g/mol. The van der Waals surface area contributed by atoms with Gasteiger partial charge in [0, 0.05) is 39.5 Å². The highest BCUT2D eigenvalue weighted by atomic mass is 32.4. The fraction of sp³-hybridized carbons (Fsp3) is 0. The predicted molar refractivity (Wildman–Crippen MR) is 135 cm³/mol. The van der Waals surface area contributed by atoms with Crippen LogP contribution in [0.3, 0.4) is 0 Å². The molecule has 0 bridgehead atoms. The lowest BCUT2D eigenvalue weighted by atomic mass is 9.97. The van der Waals surface area contributed by atoms with Gasteiger partial charge in [-0.2, -0.15) is 0 Å². The largest absolute Gasteiger partial charge is 0.303 e. The summed E-state index contributed by atoms with van der Waals surface area (Å²) in [6.45, 7) is 0. The van der Waals surface area contributed by atoms with Gasteiger partial charge in [-0.25, -0.2) is 0 Å². The highest BCUT2D eigenvalue weighted by Gasteiger charge is 2.44. The van der Waals surface area contributed by atoms with E-state index in [2.05, 4.69) is 101 Å². The summed E-state index contributed by atoms with van der Waals surface area (Å²) < 4.78 is 2.49. The van der Waals surface area contributed by atoms with Gasteiger partial charge in [-0.15, -0.1) is 0 Å². The molecule has 0 spiro atoms. The van der Waals surface area contributed by atoms with Gasteiger partial charge in [-0.05, 0) is 22.6 Å². The van der Waals surface area contributed by atoms with Crippen LogP contribution in [0, 0.1) is 0 Å². The highest BCUT2D eigenvalue weighted by molar-refractivity contribution is 8.23. The minimum atomic E-state index is -2.33. The first-order valence-electron chi connectivity index (χ1n) is 10.3. The van der Waals surface area contributed by atoms with Crippen LogP contribution >= 0.6 is 6.19 Å². The van der Waals surface area contributed by atoms with Crippen LogP contribution in [0.5, 0.6) is 0 Å². The first kappa shape index (κ1) is 17.4. The van der Waals surface area contributed by atoms with Crippen LogP contribution in [0.15, 0.2) is 103 Å². The first-order valence-corrected chi connectivity index (χ1v) is 13.1. The predicted octanol–water partition coefficient (Wildman–Crippen LogP) is 6.38. The number of fused-ring (bicyclic) bond motifs is 13. The number of anilines is 2. The number of hydrogen-bond donors (Lipinski definition) is 0. The van der Waals surface area contributed by atoms with Crippen LogP contribution in [-0.4, -0.2) is 4.98 Å². The van der Waals surface area contributed by atoms with Crippen molar-refractivity contribution in [1.82, 2.24) is 4.98 Å². The van der Waals surface area contributed by atoms with E-state index in [-0.39, 0.29) is 0 Å². The molecule has 0 amide bonds. The molecule has 4 heteroatoms. The van der Waals surface area contributed by atoms with Gasteiger partial charge in [0.05, 0.1) is 17.6 Å². The third-order valence-corrected chi connectivity index (χ3v) is 11.2. The Bertz CT molecular complexity index is 1590. The molecule has 2 nitrogen and oxygen atoms in total. The van der Waals surface area contributed by atoms with Crippen molar-refractivity contribution in [2.75, 3.05) is 4.67 Å². The number of rotatable bonds is 0. The van der Waals surface area contributed by atoms with E-state index in [1.54, 1.807) is 0 Å². The average Bonchev–Trinajstić information content (AvgIpc) is 2.84. The minimum Gasteiger partial charge on any atom is -0.303 e. The molecule has 0 radical (unpaired) electrons. The second-order valence-electron chi connectivity index (χ2n) is 8.00. The van der Waals surface area contributed by atoms with Crippen molar-refractivity contribution in [3.8, 4) is 22.3 Å². The van der Waals surface area contributed by atoms with Gasteiger partial charge in [0.15, 0.2) is 0 Å². The molecule has 31 heavy (non-hydrogen) atoms. The molecule has 1 unspecified atom stereocenters. The standard InChI is InChI=1S/C27H17N2PS/c31-30-25-11-5-3-9-20(25)22-14-13-18-7-1-2-8-19(18)27(22)29(30)24-15-16-28-17-23(24)21-10-4-6-12-26(21)30/h1-17H. The van der Waals surface area contributed by atoms with E-state index in [1.165, 1.54) is 43.8 Å². The van der Waals surface area contributed by atoms with Crippen LogP contribution < -0.4 is 15.3 Å². The molecule has 1 atom stereocenters. The van der Waals surface area contributed by atoms with Crippen LogP contribution in [-0.2, 0) is 11.8 Å². The van der Waals surface area contributed by atoms with E-state index in [0.29, 0.717) is 0 Å². The van der Waals surface area contributed by atoms with Crippen molar-refractivity contribution < 1.29 is 0 Å². The van der Waals surface area contributed by atoms with Crippen molar-refractivity contribution in [3.63, 3.8) is 0 Å². The zero-order valence-corrected chi connectivity index (χ0v) is 18.3. The Kier molecular flexibility index (Phi) is 3.45. The lowest BCUT2D eigenvalue weighted by molar-refractivity contribution is 1.29. The number of pyridine rings is 1. The van der Waals surface area contributed by atoms with E-state index in [4.69, 9.17) is 11.8 Å². The Labute approximate surface area is 185 Å². The zero-order valence-electron chi connectivity index (χ0n) is 16.6. The third kappa shape index (κ3) is 2.13. The first-order chi connectivity index (χ1) is 15.3. The Morgan fingerprint density at radius 3 is 2.13 bits per heavy atom. The van der Waals surface area contributed by atoms with Crippen molar-refractivity contribution in [3.05, 3.63) is 103 Å². The van der Waals surface area contributed by atoms with Crippen LogP contribution in [0.1, 0.15) is 0 Å². The molecular formula is C27H17N2PS. The zero-order chi connectivity index (χ0) is 20.6. The molecule has 3 heterocycles. The molecule has 146 valence electrons. The summed E-state index contributed by atoms with van der Waals surface area (Å²) in [5, 5.41) is 4.99. The van der Waals surface area contributed by atoms with Gasteiger partial charge in [-0.1, -0.05) is 96.7 Å². The summed E-state index contributed by atoms with van der Waals surface area (Å²) in [6.07, 6.45) is 1.54. The Morgan fingerprint density at radius 2 is 1.32 bits per heavy atom. The van der Waals surface area contributed by atoms with Gasteiger partial charge in [-0.3, -0.25) is 4.98 Å². The summed E-state index contributed by atoms with van der Waals surface area (Å²) in [5.74, 6) is 0. The minimum absolute atomic E-state index is 1.15. The van der Waals surface area contributed by atoms with Gasteiger partial charge >= 0.3 is 0 Å². The molecule has 0 fully saturated rings. The van der Waals surface area contributed by atoms with E-state index < -0.39 is 6.19 Å². The van der Waals surface area contributed by atoms with Crippen LogP contribution in [0.4, 0.5) is 11.4 Å². The number of hydrogen-bond acceptors (Lipinski definition) is 2. The molecule has 2 aliphatic heterocycles. The second kappa shape index (κ2) is 6.13. The molecule has 2 aliphatic rings. The molecule has 1 aromatic heterocycles. The lowest BCUT2D eigenvalue weighted by Crippen LogP contribution is -2.37. The van der Waals surface area contributed by atoms with E-state index in [9.17, 15) is 0 Å². The number of nitrogens with zero attached hydrogens (tertiary/aromatic N) is 2. The van der Waals surface area contributed by atoms with E-state index in [1.807, 2.05) is 12.4 Å². The highest BCUT2D eigenvalue weighted by Crippen LogP contribution is 2.66. The maximum atomic E-state index is 6.77. The summed E-state index contributed by atoms with van der Waals surface area (Å²) in [6, 6.07) is 32.6. The quantitative estimate of drug-likeness (QED) is 0.264. The van der Waals surface area contributed by atoms with Gasteiger partial charge in [0.1, 0.15) is 0 Å². The summed E-state index contributed by atoms with van der Waals surface area (Å²) >= 11 is 6.77. The van der Waals surface area contributed by atoms with Gasteiger partial charge < -0.3 is 4.67 Å². The second-order valence-corrected chi connectivity index (χ2v) is 12.1. The van der Waals surface area contributed by atoms with E-state index in [0.717, 1.165) is 11.3 Å². The van der Waals surface area contributed by atoms with Gasteiger partial charge in [0.2, 0.25) is 0 Å². The van der Waals surface area contributed by atoms with Crippen LogP contribution in [0.2, 0.25) is 0 Å². The molecule has 0 aliphatic carbocycles. The molecule has 4 aromatic carbocycles. The Balaban J connectivity index is 1.74. The molecule has 0 N–H and O–H groups in total. The molecule has 7 rings (SSSR count). The fourth-order valence-electron chi connectivity index (χ4n) is 5.17. The SMILES string of the molecule is S=P12c3ccccc3-c3cnccc3N1c1c(ccc3ccccc13)-c1ccccc12. The smallest absolute Gasteiger partial charge is 0.0985 e. The Hall–Kier alpha value is -3.26. The fourth-order valence-corrected chi connectivity index (χ4v) is 9.92. The number of aromatic nitrogens is 1. The maximum absolute atomic E-state index is 6.77. The maximum Gasteiger partial charge on any atom is 0.0985 e. The van der Waals surface area contributed by atoms with Crippen molar-refractivity contribution in [1.29, 1.82) is 0 Å². The summed E-state index contributed by atoms with van der Waals surface area (Å²) in [4.78, 5) is 4.47. The van der Waals surface area contributed by atoms with E-state index >= 15 is 0 Å². The third-order valence-electron chi connectivity index (χ3n) is 6.46. The molecule has 0 saturated carbocycles. The lowest BCUT2D eigenvalue weighted by Gasteiger charge is -2.47. The molecule has 5 aromatic rings.